The van der Waals surface area contributed by atoms with Gasteiger partial charge in [0.25, 0.3) is 0 Å². The van der Waals surface area contributed by atoms with Crippen LogP contribution in [0.4, 0.5) is 24.5 Å². The minimum absolute atomic E-state index is 0.0119. The molecular formula is C21H11Br4F3N2O2. The molecule has 0 aliphatic heterocycles. The molecule has 2 N–H and O–H groups in total. The van der Waals surface area contributed by atoms with E-state index in [-0.39, 0.29) is 22.9 Å². The van der Waals surface area contributed by atoms with Crippen molar-refractivity contribution in [2.75, 3.05) is 0 Å². The van der Waals surface area contributed by atoms with Gasteiger partial charge in [-0.1, -0.05) is 31.9 Å². The molecule has 0 fully saturated rings. The number of aromatic hydroxyl groups is 2. The van der Waals surface area contributed by atoms with Crippen LogP contribution in [0.1, 0.15) is 16.7 Å². The highest BCUT2D eigenvalue weighted by Crippen LogP contribution is 2.36. The number of hydrogen-bond donors (Lipinski definition) is 2. The van der Waals surface area contributed by atoms with Gasteiger partial charge in [0.1, 0.15) is 11.5 Å². The molecule has 0 aliphatic rings. The number of nitrogens with zero attached hydrogens (tertiary/aromatic N) is 2. The van der Waals surface area contributed by atoms with Crippen molar-refractivity contribution in [2.45, 2.75) is 6.18 Å². The second-order valence-corrected chi connectivity index (χ2v) is 9.94. The van der Waals surface area contributed by atoms with Crippen LogP contribution in [0.5, 0.6) is 11.5 Å². The molecule has 0 bridgehead atoms. The summed E-state index contributed by atoms with van der Waals surface area (Å²) in [6.07, 6.45) is -2.10. The molecule has 0 saturated heterocycles. The zero-order valence-electron chi connectivity index (χ0n) is 15.6. The van der Waals surface area contributed by atoms with Crippen LogP contribution in [0.25, 0.3) is 0 Å². The molecule has 3 aromatic rings. The van der Waals surface area contributed by atoms with E-state index in [2.05, 4.69) is 73.7 Å². The summed E-state index contributed by atoms with van der Waals surface area (Å²) in [7, 11) is 0. The fraction of sp³-hybridized carbons (Fsp3) is 0.0476. The first-order valence-corrected chi connectivity index (χ1v) is 11.8. The lowest BCUT2D eigenvalue weighted by atomic mass is 10.1. The highest BCUT2D eigenvalue weighted by molar-refractivity contribution is 9.11. The number of alkyl halides is 3. The first kappa shape index (κ1) is 24.9. The minimum atomic E-state index is -4.61. The molecule has 32 heavy (non-hydrogen) atoms. The van der Waals surface area contributed by atoms with Crippen LogP contribution in [0.2, 0.25) is 0 Å². The topological polar surface area (TPSA) is 65.2 Å². The second-order valence-electron chi connectivity index (χ2n) is 6.40. The van der Waals surface area contributed by atoms with Gasteiger partial charge in [-0.3, -0.25) is 9.98 Å². The fourth-order valence-corrected chi connectivity index (χ4v) is 5.08. The first-order valence-electron chi connectivity index (χ1n) is 8.60. The van der Waals surface area contributed by atoms with Crippen molar-refractivity contribution < 1.29 is 23.4 Å². The average molecular weight is 700 g/mol. The van der Waals surface area contributed by atoms with Crippen LogP contribution in [-0.4, -0.2) is 22.6 Å². The molecule has 0 amide bonds. The van der Waals surface area contributed by atoms with Gasteiger partial charge in [0.05, 0.1) is 25.9 Å². The highest BCUT2D eigenvalue weighted by Gasteiger charge is 2.31. The minimum Gasteiger partial charge on any atom is -0.506 e. The van der Waals surface area contributed by atoms with Crippen molar-refractivity contribution in [3.8, 4) is 11.5 Å². The summed E-state index contributed by atoms with van der Waals surface area (Å²) in [5, 5.41) is 20.3. The lowest BCUT2D eigenvalue weighted by molar-refractivity contribution is -0.137. The van der Waals surface area contributed by atoms with Gasteiger partial charge in [0.15, 0.2) is 0 Å². The molecular weight excluding hydrogens is 689 g/mol. The van der Waals surface area contributed by atoms with Crippen LogP contribution >= 0.6 is 63.7 Å². The third-order valence-corrected chi connectivity index (χ3v) is 6.18. The molecule has 166 valence electrons. The summed E-state index contributed by atoms with van der Waals surface area (Å²) >= 11 is 13.0. The summed E-state index contributed by atoms with van der Waals surface area (Å²) in [5.74, 6) is -0.198. The molecule has 0 aliphatic carbocycles. The maximum Gasteiger partial charge on any atom is 0.416 e. The number of hydrogen-bond acceptors (Lipinski definition) is 4. The number of aliphatic imine (C=N–C) groups is 2. The van der Waals surface area contributed by atoms with Crippen LogP contribution in [0.15, 0.2) is 70.3 Å². The molecule has 0 aromatic heterocycles. The standard InChI is InChI=1S/C21H11Br4F3N2O2/c22-13-1-10(19(31)17(24)5-13)8-29-15-3-12(21(26,27)28)4-16(7-15)30-9-11-2-14(23)6-18(25)20(11)32/h1-9,31-32H. The smallest absolute Gasteiger partial charge is 0.416 e. The van der Waals surface area contributed by atoms with E-state index in [1.54, 1.807) is 24.3 Å². The Labute approximate surface area is 214 Å². The number of halogens is 7. The third kappa shape index (κ3) is 6.21. The summed E-state index contributed by atoms with van der Waals surface area (Å²) in [4.78, 5) is 8.18. The summed E-state index contributed by atoms with van der Waals surface area (Å²) in [5.41, 5.74) is -0.349. The van der Waals surface area contributed by atoms with Gasteiger partial charge in [0.2, 0.25) is 0 Å². The summed E-state index contributed by atoms with van der Waals surface area (Å²) < 4.78 is 42.3. The van der Waals surface area contributed by atoms with Gasteiger partial charge >= 0.3 is 6.18 Å². The molecule has 3 rings (SSSR count). The molecule has 11 heteroatoms. The van der Waals surface area contributed by atoms with E-state index >= 15 is 0 Å². The van der Waals surface area contributed by atoms with Gasteiger partial charge < -0.3 is 10.2 Å². The number of rotatable bonds is 4. The maximum absolute atomic E-state index is 13.4. The van der Waals surface area contributed by atoms with Crippen LogP contribution in [0.3, 0.4) is 0 Å². The van der Waals surface area contributed by atoms with Crippen LogP contribution in [-0.2, 0) is 6.18 Å². The molecule has 0 atom stereocenters. The SMILES string of the molecule is Oc1c(Br)cc(Br)cc1C=Nc1cc(N=Cc2cc(Br)cc(Br)c2O)cc(C(F)(F)F)c1. The molecule has 0 spiro atoms. The number of phenolic OH excluding ortho intramolecular Hbond substituents is 2. The van der Waals surface area contributed by atoms with Crippen molar-refractivity contribution in [3.05, 3.63) is 77.0 Å². The van der Waals surface area contributed by atoms with E-state index < -0.39 is 11.7 Å². The predicted octanol–water partition coefficient (Wildman–Crippen LogP) is 8.67. The first-order chi connectivity index (χ1) is 14.9. The van der Waals surface area contributed by atoms with Crippen molar-refractivity contribution in [3.63, 3.8) is 0 Å². The zero-order valence-corrected chi connectivity index (χ0v) is 22.0. The normalized spacial score (nSPS) is 12.2. The quantitative estimate of drug-likeness (QED) is 0.268. The maximum atomic E-state index is 13.4. The van der Waals surface area contributed by atoms with Crippen molar-refractivity contribution in [2.24, 2.45) is 9.98 Å². The number of phenols is 2. The Hall–Kier alpha value is -1.69. The van der Waals surface area contributed by atoms with Gasteiger partial charge in [0, 0.05) is 32.5 Å². The lowest BCUT2D eigenvalue weighted by Gasteiger charge is -2.09. The molecule has 4 nitrogen and oxygen atoms in total. The van der Waals surface area contributed by atoms with Crippen LogP contribution in [0, 0.1) is 0 Å². The lowest BCUT2D eigenvalue weighted by Crippen LogP contribution is -2.04. The summed E-state index contributed by atoms with van der Waals surface area (Å²) in [6.45, 7) is 0. The Bertz CT molecular complexity index is 1160. The molecule has 0 unspecified atom stereocenters. The monoisotopic (exact) mass is 696 g/mol. The highest BCUT2D eigenvalue weighted by atomic mass is 79.9. The second kappa shape index (κ2) is 10.1. The Morgan fingerprint density at radius 2 is 1.06 bits per heavy atom. The van der Waals surface area contributed by atoms with E-state index in [1.807, 2.05) is 0 Å². The van der Waals surface area contributed by atoms with Crippen molar-refractivity contribution in [1.29, 1.82) is 0 Å². The Morgan fingerprint density at radius 3 is 1.44 bits per heavy atom. The predicted molar refractivity (Wildman–Crippen MR) is 133 cm³/mol. The Kier molecular flexibility index (Phi) is 7.85. The van der Waals surface area contributed by atoms with Crippen molar-refractivity contribution >= 4 is 87.5 Å². The zero-order chi connectivity index (χ0) is 23.6. The Morgan fingerprint density at radius 1 is 0.656 bits per heavy atom. The van der Waals surface area contributed by atoms with Crippen LogP contribution < -0.4 is 0 Å². The molecule has 0 saturated carbocycles. The third-order valence-electron chi connectivity index (χ3n) is 4.05. The van der Waals surface area contributed by atoms with E-state index in [1.165, 1.54) is 18.5 Å². The fourth-order valence-electron chi connectivity index (χ4n) is 2.56. The van der Waals surface area contributed by atoms with E-state index in [0.29, 0.717) is 29.0 Å². The van der Waals surface area contributed by atoms with Gasteiger partial charge in [-0.2, -0.15) is 13.2 Å². The van der Waals surface area contributed by atoms with Crippen molar-refractivity contribution in [1.82, 2.24) is 0 Å². The largest absolute Gasteiger partial charge is 0.506 e. The van der Waals surface area contributed by atoms with Gasteiger partial charge in [-0.15, -0.1) is 0 Å². The van der Waals surface area contributed by atoms with Gasteiger partial charge in [-0.05, 0) is 74.3 Å². The molecule has 0 heterocycles. The van der Waals surface area contributed by atoms with Gasteiger partial charge in [-0.25, -0.2) is 0 Å². The van der Waals surface area contributed by atoms with E-state index in [9.17, 15) is 23.4 Å². The number of benzene rings is 3. The van der Waals surface area contributed by atoms with E-state index in [4.69, 9.17) is 0 Å². The molecule has 0 radical (unpaired) electrons. The van der Waals surface area contributed by atoms with E-state index in [0.717, 1.165) is 12.1 Å². The molecule has 3 aromatic carbocycles. The summed E-state index contributed by atoms with van der Waals surface area (Å²) in [6, 6.07) is 9.52. The average Bonchev–Trinajstić information content (AvgIpc) is 2.70. The Balaban J connectivity index is 2.03.